The largest absolute Gasteiger partial charge is 0.394 e. The highest BCUT2D eigenvalue weighted by atomic mass is 16.6. The van der Waals surface area contributed by atoms with Crippen LogP contribution in [-0.4, -0.2) is 117 Å². The first-order valence-electron chi connectivity index (χ1n) is 8.39. The van der Waals surface area contributed by atoms with Gasteiger partial charge in [0, 0.05) is 0 Å². The first-order chi connectivity index (χ1) is 11.8. The van der Waals surface area contributed by atoms with Crippen molar-refractivity contribution in [1.82, 2.24) is 0 Å². The van der Waals surface area contributed by atoms with E-state index < -0.39 is 67.6 Å². The average molecular weight is 368 g/mol. The maximum Gasteiger partial charge on any atom is 0.111 e. The highest BCUT2D eigenvalue weighted by Crippen LogP contribution is 2.24. The normalized spacial score (nSPS) is 48.5. The van der Waals surface area contributed by atoms with Crippen molar-refractivity contribution in [2.75, 3.05) is 19.8 Å². The van der Waals surface area contributed by atoms with Gasteiger partial charge in [0.05, 0.1) is 25.9 Å². The van der Waals surface area contributed by atoms with Gasteiger partial charge in [0.2, 0.25) is 0 Å². The molecule has 0 saturated carbocycles. The molecule has 2 saturated heterocycles. The van der Waals surface area contributed by atoms with Gasteiger partial charge < -0.3 is 50.0 Å². The number of ether oxygens (including phenoxy) is 3. The summed E-state index contributed by atoms with van der Waals surface area (Å²) in [7, 11) is 0. The minimum absolute atomic E-state index is 0.142. The smallest absolute Gasteiger partial charge is 0.111 e. The zero-order valence-electron chi connectivity index (χ0n) is 14.0. The van der Waals surface area contributed by atoms with Crippen molar-refractivity contribution >= 4 is 0 Å². The number of rotatable bonds is 6. The molecule has 10 nitrogen and oxygen atoms in total. The average Bonchev–Trinajstić information content (AvgIpc) is 2.61. The predicted octanol–water partition coefficient (Wildman–Crippen LogP) is -3.89. The summed E-state index contributed by atoms with van der Waals surface area (Å²) in [6.45, 7) is 0.901. The molecule has 2 rings (SSSR count). The molecule has 25 heavy (non-hydrogen) atoms. The minimum atomic E-state index is -1.49. The van der Waals surface area contributed by atoms with Crippen molar-refractivity contribution in [3.05, 3.63) is 0 Å². The number of aliphatic hydroxyl groups is 7. The fraction of sp³-hybridized carbons (Fsp3) is 1.00. The van der Waals surface area contributed by atoms with Crippen LogP contribution in [0.25, 0.3) is 0 Å². The van der Waals surface area contributed by atoms with Crippen LogP contribution in [0, 0.1) is 0 Å². The Bertz CT molecular complexity index is 370. The Kier molecular flexibility index (Phi) is 7.52. The summed E-state index contributed by atoms with van der Waals surface area (Å²) in [5.74, 6) is 0. The summed E-state index contributed by atoms with van der Waals surface area (Å²) in [6, 6.07) is 0. The number of hydrogen-bond acceptors (Lipinski definition) is 10. The fourth-order valence-electron chi connectivity index (χ4n) is 3.12. The van der Waals surface area contributed by atoms with E-state index >= 15 is 0 Å². The molecule has 0 aliphatic carbocycles. The van der Waals surface area contributed by atoms with Gasteiger partial charge in [-0.25, -0.2) is 0 Å². The van der Waals surface area contributed by atoms with Crippen molar-refractivity contribution in [2.24, 2.45) is 0 Å². The minimum Gasteiger partial charge on any atom is -0.394 e. The van der Waals surface area contributed by atoms with Crippen molar-refractivity contribution in [1.29, 1.82) is 0 Å². The molecule has 7 N–H and O–H groups in total. The summed E-state index contributed by atoms with van der Waals surface area (Å²) >= 11 is 0. The van der Waals surface area contributed by atoms with Crippen LogP contribution in [-0.2, 0) is 14.2 Å². The molecule has 0 aromatic rings. The first kappa shape index (κ1) is 20.9. The maximum absolute atomic E-state index is 9.97. The Labute approximate surface area is 145 Å². The van der Waals surface area contributed by atoms with Gasteiger partial charge in [0.25, 0.3) is 0 Å². The lowest BCUT2D eigenvalue weighted by Crippen LogP contribution is -2.60. The Balaban J connectivity index is 1.87. The van der Waals surface area contributed by atoms with Crippen molar-refractivity contribution in [3.63, 3.8) is 0 Å². The van der Waals surface area contributed by atoms with Crippen molar-refractivity contribution in [3.8, 4) is 0 Å². The molecule has 0 radical (unpaired) electrons. The van der Waals surface area contributed by atoms with E-state index in [1.165, 1.54) is 0 Å². The van der Waals surface area contributed by atoms with Gasteiger partial charge in [0.15, 0.2) is 0 Å². The van der Waals surface area contributed by atoms with Gasteiger partial charge in [0.1, 0.15) is 54.9 Å². The van der Waals surface area contributed by atoms with Gasteiger partial charge in [-0.15, -0.1) is 0 Å². The first-order valence-corrected chi connectivity index (χ1v) is 8.39. The molecule has 0 aromatic heterocycles. The molecule has 2 heterocycles. The summed E-state index contributed by atoms with van der Waals surface area (Å²) in [5.41, 5.74) is 0. The van der Waals surface area contributed by atoms with Crippen molar-refractivity contribution in [2.45, 2.75) is 74.4 Å². The van der Waals surface area contributed by atoms with E-state index in [0.29, 0.717) is 6.42 Å². The zero-order valence-corrected chi connectivity index (χ0v) is 14.0. The molecule has 0 spiro atoms. The van der Waals surface area contributed by atoms with Crippen LogP contribution in [0.5, 0.6) is 0 Å². The highest BCUT2D eigenvalue weighted by Gasteiger charge is 2.45. The van der Waals surface area contributed by atoms with Gasteiger partial charge in [-0.1, -0.05) is 6.92 Å². The molecule has 10 unspecified atom stereocenters. The van der Waals surface area contributed by atoms with Gasteiger partial charge in [-0.05, 0) is 6.42 Å². The second-order valence-corrected chi connectivity index (χ2v) is 6.50. The molecular weight excluding hydrogens is 340 g/mol. The lowest BCUT2D eigenvalue weighted by molar-refractivity contribution is -0.251. The van der Waals surface area contributed by atoms with Crippen LogP contribution in [0.2, 0.25) is 0 Å². The van der Waals surface area contributed by atoms with Crippen LogP contribution in [0.15, 0.2) is 0 Å². The van der Waals surface area contributed by atoms with Gasteiger partial charge >= 0.3 is 0 Å². The van der Waals surface area contributed by atoms with Crippen LogP contribution >= 0.6 is 0 Å². The third-order valence-electron chi connectivity index (χ3n) is 4.77. The van der Waals surface area contributed by atoms with Crippen LogP contribution in [0.3, 0.4) is 0 Å². The second kappa shape index (κ2) is 9.00. The molecule has 2 aliphatic heterocycles. The molecule has 10 atom stereocenters. The lowest BCUT2D eigenvalue weighted by Gasteiger charge is -2.41. The van der Waals surface area contributed by atoms with E-state index in [2.05, 4.69) is 0 Å². The lowest BCUT2D eigenvalue weighted by atomic mass is 9.94. The predicted molar refractivity (Wildman–Crippen MR) is 81.6 cm³/mol. The quantitative estimate of drug-likeness (QED) is 0.246. The fourth-order valence-corrected chi connectivity index (χ4v) is 3.12. The molecule has 10 heteroatoms. The standard InChI is InChI=1S/C15H28O10/c1-2-6-10(17)14(21)12(19)8(24-6)4-23-5-9-13(20)15(22)11(18)7(3-16)25-9/h6-22H,2-5H2,1H3. The topological polar surface area (TPSA) is 169 Å². The van der Waals surface area contributed by atoms with Crippen molar-refractivity contribution < 1.29 is 50.0 Å². The van der Waals surface area contributed by atoms with E-state index in [-0.39, 0.29) is 13.2 Å². The van der Waals surface area contributed by atoms with E-state index in [1.54, 1.807) is 6.92 Å². The van der Waals surface area contributed by atoms with Crippen LogP contribution < -0.4 is 0 Å². The molecular formula is C15H28O10. The molecule has 2 fully saturated rings. The summed E-state index contributed by atoms with van der Waals surface area (Å²) in [6.07, 6.45) is -11.3. The summed E-state index contributed by atoms with van der Waals surface area (Å²) in [5, 5.41) is 68.1. The summed E-state index contributed by atoms with van der Waals surface area (Å²) in [4.78, 5) is 0. The Morgan fingerprint density at radius 2 is 1.04 bits per heavy atom. The number of hydrogen-bond donors (Lipinski definition) is 7. The second-order valence-electron chi connectivity index (χ2n) is 6.50. The number of aliphatic hydroxyl groups excluding tert-OH is 7. The maximum atomic E-state index is 9.97. The van der Waals surface area contributed by atoms with Gasteiger partial charge in [-0.2, -0.15) is 0 Å². The van der Waals surface area contributed by atoms with Gasteiger partial charge in [-0.3, -0.25) is 0 Å². The third kappa shape index (κ3) is 4.48. The third-order valence-corrected chi connectivity index (χ3v) is 4.77. The van der Waals surface area contributed by atoms with E-state index in [0.717, 1.165) is 0 Å². The van der Waals surface area contributed by atoms with E-state index in [1.807, 2.05) is 0 Å². The van der Waals surface area contributed by atoms with Crippen LogP contribution in [0.4, 0.5) is 0 Å². The van der Waals surface area contributed by atoms with Crippen LogP contribution in [0.1, 0.15) is 13.3 Å². The Hall–Kier alpha value is -0.400. The Morgan fingerprint density at radius 3 is 1.48 bits per heavy atom. The summed E-state index contributed by atoms with van der Waals surface area (Å²) < 4.78 is 16.2. The van der Waals surface area contributed by atoms with E-state index in [4.69, 9.17) is 19.3 Å². The monoisotopic (exact) mass is 368 g/mol. The molecule has 2 aliphatic rings. The molecule has 0 aromatic carbocycles. The molecule has 0 bridgehead atoms. The SMILES string of the molecule is CCC1OC(COCC2OC(CO)C(O)C(O)C2O)C(O)C(O)C1O. The Morgan fingerprint density at radius 1 is 0.640 bits per heavy atom. The molecule has 148 valence electrons. The molecule has 0 amide bonds. The van der Waals surface area contributed by atoms with E-state index in [9.17, 15) is 30.6 Å². The highest BCUT2D eigenvalue weighted by molar-refractivity contribution is 4.93. The zero-order chi connectivity index (χ0) is 18.7.